The molecule has 2 fully saturated rings. The Morgan fingerprint density at radius 1 is 1.27 bits per heavy atom. The molecule has 1 aliphatic carbocycles. The maximum Gasteiger partial charge on any atom is 0.344 e. The summed E-state index contributed by atoms with van der Waals surface area (Å²) in [6.07, 6.45) is 2.91. The molecule has 1 aromatic carbocycles. The molecule has 11 heteroatoms. The molecule has 2 aromatic rings. The van der Waals surface area contributed by atoms with E-state index in [-0.39, 0.29) is 11.7 Å². The lowest BCUT2D eigenvalue weighted by atomic mass is 9.77. The molecule has 1 saturated carbocycles. The van der Waals surface area contributed by atoms with E-state index in [1.807, 2.05) is 35.8 Å². The van der Waals surface area contributed by atoms with Crippen LogP contribution in [0.5, 0.6) is 5.75 Å². The van der Waals surface area contributed by atoms with Crippen molar-refractivity contribution < 1.29 is 19.1 Å². The van der Waals surface area contributed by atoms with Gasteiger partial charge in [0, 0.05) is 6.54 Å². The van der Waals surface area contributed by atoms with E-state index in [0.717, 1.165) is 23.4 Å². The number of methoxy groups -OCH3 is 1. The van der Waals surface area contributed by atoms with Gasteiger partial charge in [-0.05, 0) is 50.7 Å². The molecular weight excluding hydrogens is 444 g/mol. The number of hydrazine groups is 1. The highest BCUT2D eigenvalue weighted by molar-refractivity contribution is 7.99. The minimum atomic E-state index is -0.893. The Labute approximate surface area is 196 Å². The van der Waals surface area contributed by atoms with Gasteiger partial charge in [0.15, 0.2) is 11.0 Å². The van der Waals surface area contributed by atoms with Crippen LogP contribution in [0.3, 0.4) is 0 Å². The summed E-state index contributed by atoms with van der Waals surface area (Å²) in [5.74, 6) is 0.976. The normalized spacial score (nSPS) is 22.5. The number of imide groups is 1. The van der Waals surface area contributed by atoms with Gasteiger partial charge >= 0.3 is 6.03 Å². The van der Waals surface area contributed by atoms with E-state index in [0.29, 0.717) is 42.0 Å². The number of para-hydroxylation sites is 1. The lowest BCUT2D eigenvalue weighted by Crippen LogP contribution is -2.51. The van der Waals surface area contributed by atoms with Gasteiger partial charge in [-0.2, -0.15) is 5.01 Å². The van der Waals surface area contributed by atoms with Crippen LogP contribution in [0.25, 0.3) is 11.4 Å². The zero-order chi connectivity index (χ0) is 23.6. The number of thioether (sulfide) groups is 1. The first-order chi connectivity index (χ1) is 15.9. The number of nitrogens with zero attached hydrogens (tertiary/aromatic N) is 4. The number of amides is 4. The van der Waals surface area contributed by atoms with Crippen LogP contribution in [-0.2, 0) is 16.1 Å². The van der Waals surface area contributed by atoms with Crippen LogP contribution in [0.2, 0.25) is 0 Å². The number of aromatic nitrogens is 3. The fraction of sp³-hybridized carbons (Fsp3) is 0.500. The van der Waals surface area contributed by atoms with Crippen molar-refractivity contribution in [2.75, 3.05) is 12.9 Å². The van der Waals surface area contributed by atoms with Crippen molar-refractivity contribution in [3.05, 3.63) is 24.3 Å². The zero-order valence-electron chi connectivity index (χ0n) is 19.0. The molecule has 1 aliphatic heterocycles. The molecule has 2 heterocycles. The third-order valence-electron chi connectivity index (χ3n) is 6.24. The third kappa shape index (κ3) is 4.41. The Morgan fingerprint density at radius 2 is 2.00 bits per heavy atom. The Bertz CT molecular complexity index is 1060. The number of carbonyl (C=O) groups excluding carboxylic acids is 3. The molecule has 0 atom stereocenters. The fourth-order valence-electron chi connectivity index (χ4n) is 4.31. The second kappa shape index (κ2) is 9.42. The number of nitrogens with one attached hydrogen (secondary N) is 2. The molecule has 2 N–H and O–H groups in total. The predicted molar refractivity (Wildman–Crippen MR) is 122 cm³/mol. The van der Waals surface area contributed by atoms with Crippen molar-refractivity contribution in [1.29, 1.82) is 0 Å². The standard InChI is InChI=1S/C22H28N6O4S/c1-4-27-18(15-7-5-6-8-16(15)32-3)24-25-21(27)33-13-17(29)26-28-19(30)22(23-20(28)31)11-9-14(2)10-12-22/h5-8,14H,4,9-13H2,1-3H3,(H,23,31)(H,26,29). The molecule has 0 unspecified atom stereocenters. The van der Waals surface area contributed by atoms with Crippen LogP contribution in [-0.4, -0.2) is 56.0 Å². The highest BCUT2D eigenvalue weighted by atomic mass is 32.2. The van der Waals surface area contributed by atoms with Gasteiger partial charge in [-0.1, -0.05) is 30.8 Å². The fourth-order valence-corrected chi connectivity index (χ4v) is 5.11. The van der Waals surface area contributed by atoms with Gasteiger partial charge < -0.3 is 14.6 Å². The average Bonchev–Trinajstić information content (AvgIpc) is 3.33. The lowest BCUT2D eigenvalue weighted by molar-refractivity contribution is -0.139. The van der Waals surface area contributed by atoms with E-state index < -0.39 is 17.5 Å². The quantitative estimate of drug-likeness (QED) is 0.470. The van der Waals surface area contributed by atoms with Gasteiger partial charge in [0.2, 0.25) is 5.91 Å². The summed E-state index contributed by atoms with van der Waals surface area (Å²) in [4.78, 5) is 37.9. The number of benzene rings is 1. The van der Waals surface area contributed by atoms with E-state index in [2.05, 4.69) is 27.9 Å². The summed E-state index contributed by atoms with van der Waals surface area (Å²) < 4.78 is 7.32. The average molecular weight is 473 g/mol. The molecular formula is C22H28N6O4S. The molecule has 4 amide bonds. The topological polar surface area (TPSA) is 118 Å². The summed E-state index contributed by atoms with van der Waals surface area (Å²) in [6.45, 7) is 4.70. The Morgan fingerprint density at radius 3 is 2.70 bits per heavy atom. The van der Waals surface area contributed by atoms with E-state index in [9.17, 15) is 14.4 Å². The molecule has 1 saturated heterocycles. The van der Waals surface area contributed by atoms with Gasteiger partial charge in [0.05, 0.1) is 18.4 Å². The second-order valence-corrected chi connectivity index (χ2v) is 9.35. The molecule has 0 radical (unpaired) electrons. The smallest absolute Gasteiger partial charge is 0.344 e. The van der Waals surface area contributed by atoms with Gasteiger partial charge in [-0.15, -0.1) is 10.2 Å². The van der Waals surface area contributed by atoms with Crippen LogP contribution < -0.4 is 15.5 Å². The number of hydrogen-bond acceptors (Lipinski definition) is 7. The van der Waals surface area contributed by atoms with E-state index in [1.54, 1.807) is 7.11 Å². The van der Waals surface area contributed by atoms with Crippen LogP contribution in [0.4, 0.5) is 4.79 Å². The number of hydrogen-bond donors (Lipinski definition) is 2. The Hall–Kier alpha value is -3.08. The van der Waals surface area contributed by atoms with Crippen molar-refractivity contribution in [2.24, 2.45) is 5.92 Å². The van der Waals surface area contributed by atoms with E-state index >= 15 is 0 Å². The molecule has 2 aliphatic rings. The van der Waals surface area contributed by atoms with Crippen molar-refractivity contribution in [2.45, 2.75) is 56.8 Å². The monoisotopic (exact) mass is 472 g/mol. The van der Waals surface area contributed by atoms with Gasteiger partial charge in [0.25, 0.3) is 5.91 Å². The molecule has 176 valence electrons. The number of rotatable bonds is 7. The van der Waals surface area contributed by atoms with Crippen molar-refractivity contribution in [3.8, 4) is 17.1 Å². The third-order valence-corrected chi connectivity index (χ3v) is 7.21. The molecule has 0 bridgehead atoms. The van der Waals surface area contributed by atoms with E-state index in [4.69, 9.17) is 4.74 Å². The Balaban J connectivity index is 1.41. The molecule has 1 spiro atoms. The first-order valence-corrected chi connectivity index (χ1v) is 12.0. The maximum absolute atomic E-state index is 12.9. The number of ether oxygens (including phenoxy) is 1. The highest BCUT2D eigenvalue weighted by Gasteiger charge is 2.52. The first kappa shape index (κ1) is 23.1. The van der Waals surface area contributed by atoms with Crippen LogP contribution in [0, 0.1) is 5.92 Å². The summed E-state index contributed by atoms with van der Waals surface area (Å²) in [5.41, 5.74) is 2.37. The van der Waals surface area contributed by atoms with Crippen molar-refractivity contribution >= 4 is 29.6 Å². The summed E-state index contributed by atoms with van der Waals surface area (Å²) in [7, 11) is 1.60. The van der Waals surface area contributed by atoms with Crippen molar-refractivity contribution in [3.63, 3.8) is 0 Å². The van der Waals surface area contributed by atoms with Gasteiger partial charge in [0.1, 0.15) is 11.3 Å². The lowest BCUT2D eigenvalue weighted by Gasteiger charge is -2.33. The molecule has 10 nitrogen and oxygen atoms in total. The largest absolute Gasteiger partial charge is 0.496 e. The zero-order valence-corrected chi connectivity index (χ0v) is 19.8. The summed E-state index contributed by atoms with van der Waals surface area (Å²) in [5, 5.41) is 12.7. The minimum Gasteiger partial charge on any atom is -0.496 e. The van der Waals surface area contributed by atoms with Crippen LogP contribution >= 0.6 is 11.8 Å². The second-order valence-electron chi connectivity index (χ2n) is 8.41. The number of urea groups is 1. The van der Waals surface area contributed by atoms with Crippen LogP contribution in [0.1, 0.15) is 39.5 Å². The molecule has 4 rings (SSSR count). The van der Waals surface area contributed by atoms with Gasteiger partial charge in [-0.25, -0.2) is 4.79 Å². The van der Waals surface area contributed by atoms with E-state index in [1.165, 1.54) is 11.8 Å². The number of carbonyl (C=O) groups is 3. The molecule has 1 aromatic heterocycles. The van der Waals surface area contributed by atoms with Crippen LogP contribution in [0.15, 0.2) is 29.4 Å². The summed E-state index contributed by atoms with van der Waals surface area (Å²) in [6, 6.07) is 6.94. The van der Waals surface area contributed by atoms with Gasteiger partial charge in [-0.3, -0.25) is 15.0 Å². The minimum absolute atomic E-state index is 0.0227. The highest BCUT2D eigenvalue weighted by Crippen LogP contribution is 2.36. The molecule has 33 heavy (non-hydrogen) atoms. The SMILES string of the molecule is CCn1c(SCC(=O)NN2C(=O)NC3(CCC(C)CC3)C2=O)nnc1-c1ccccc1OC. The predicted octanol–water partition coefficient (Wildman–Crippen LogP) is 2.60. The first-order valence-electron chi connectivity index (χ1n) is 11.0. The van der Waals surface area contributed by atoms with Crippen molar-refractivity contribution in [1.82, 2.24) is 30.5 Å². The summed E-state index contributed by atoms with van der Waals surface area (Å²) >= 11 is 1.19. The maximum atomic E-state index is 12.9. The Kier molecular flexibility index (Phi) is 6.59.